The number of hydrogen-bond acceptors (Lipinski definition) is 2. The smallest absolute Gasteiger partial charge is 0.0184 e. The van der Waals surface area contributed by atoms with E-state index in [9.17, 15) is 0 Å². The van der Waals surface area contributed by atoms with Crippen LogP contribution in [0.1, 0.15) is 44.1 Å². The van der Waals surface area contributed by atoms with Gasteiger partial charge in [0.25, 0.3) is 0 Å². The zero-order valence-electron chi connectivity index (χ0n) is 12.6. The van der Waals surface area contributed by atoms with E-state index < -0.39 is 0 Å². The summed E-state index contributed by atoms with van der Waals surface area (Å²) in [5, 5.41) is 0. The molecule has 0 aromatic heterocycles. The van der Waals surface area contributed by atoms with Crippen LogP contribution < -0.4 is 0 Å². The topological polar surface area (TPSA) is 3.24 Å². The van der Waals surface area contributed by atoms with Gasteiger partial charge in [-0.1, -0.05) is 43.2 Å². The molecule has 1 aromatic carbocycles. The molecule has 0 unspecified atom stereocenters. The van der Waals surface area contributed by atoms with Crippen molar-refractivity contribution in [2.24, 2.45) is 0 Å². The van der Waals surface area contributed by atoms with Crippen LogP contribution in [-0.4, -0.2) is 30.3 Å². The molecule has 0 aliphatic carbocycles. The van der Waals surface area contributed by atoms with E-state index in [0.29, 0.717) is 0 Å². The predicted octanol–water partition coefficient (Wildman–Crippen LogP) is 4.78. The van der Waals surface area contributed by atoms with Gasteiger partial charge in [-0.25, -0.2) is 0 Å². The fraction of sp³-hybridized carbons (Fsp3) is 0.611. The summed E-state index contributed by atoms with van der Waals surface area (Å²) in [7, 11) is 0. The van der Waals surface area contributed by atoms with E-state index in [0.717, 1.165) is 0 Å². The maximum absolute atomic E-state index is 2.63. The third-order valence-corrected chi connectivity index (χ3v) is 5.04. The van der Waals surface area contributed by atoms with Crippen LogP contribution in [0.25, 0.3) is 0 Å². The van der Waals surface area contributed by atoms with Crippen molar-refractivity contribution in [2.75, 3.05) is 25.4 Å². The normalized spacial score (nSPS) is 16.4. The predicted molar refractivity (Wildman–Crippen MR) is 91.0 cm³/mol. The zero-order chi connectivity index (χ0) is 13.9. The summed E-state index contributed by atoms with van der Waals surface area (Å²) >= 11 is 2.08. The number of unbranched alkanes of at least 4 members (excludes halogenated alkanes) is 3. The fourth-order valence-corrected chi connectivity index (χ4v) is 3.67. The SMILES string of the molecule is [CH]1CCN(CCCCCCSCc2ccccc2)CC1. The summed E-state index contributed by atoms with van der Waals surface area (Å²) in [5.41, 5.74) is 1.46. The summed E-state index contributed by atoms with van der Waals surface area (Å²) in [6.07, 6.45) is 10.6. The van der Waals surface area contributed by atoms with Crippen LogP contribution in [0.2, 0.25) is 0 Å². The van der Waals surface area contributed by atoms with Gasteiger partial charge >= 0.3 is 0 Å². The maximum atomic E-state index is 2.63. The van der Waals surface area contributed by atoms with Crippen molar-refractivity contribution < 1.29 is 0 Å². The molecule has 2 rings (SSSR count). The van der Waals surface area contributed by atoms with Crippen LogP contribution in [0.3, 0.4) is 0 Å². The molecule has 1 aliphatic heterocycles. The molecule has 1 nitrogen and oxygen atoms in total. The summed E-state index contributed by atoms with van der Waals surface area (Å²) in [4.78, 5) is 2.63. The van der Waals surface area contributed by atoms with Gasteiger partial charge in [0.05, 0.1) is 0 Å². The Morgan fingerprint density at radius 3 is 2.45 bits per heavy atom. The molecule has 1 heterocycles. The standard InChI is InChI=1S/C18H28NS/c1(7-13-19-14-8-4-9-15-19)2-10-16-20-17-18-11-5-3-6-12-18/h3-6,11-12H,1-2,7-10,13-17H2. The number of nitrogens with zero attached hydrogens (tertiary/aromatic N) is 1. The summed E-state index contributed by atoms with van der Waals surface area (Å²) in [5.74, 6) is 2.48. The number of hydrogen-bond donors (Lipinski definition) is 0. The van der Waals surface area contributed by atoms with Crippen molar-refractivity contribution in [2.45, 2.75) is 44.3 Å². The Morgan fingerprint density at radius 2 is 1.65 bits per heavy atom. The van der Waals surface area contributed by atoms with Crippen molar-refractivity contribution in [1.82, 2.24) is 4.90 Å². The highest BCUT2D eigenvalue weighted by Gasteiger charge is 2.08. The molecule has 0 saturated carbocycles. The Kier molecular flexibility index (Phi) is 8.18. The lowest BCUT2D eigenvalue weighted by Gasteiger charge is -2.26. The van der Waals surface area contributed by atoms with Gasteiger partial charge in [0, 0.05) is 5.75 Å². The second kappa shape index (κ2) is 10.3. The van der Waals surface area contributed by atoms with Gasteiger partial charge in [0.1, 0.15) is 0 Å². The summed E-state index contributed by atoms with van der Waals surface area (Å²) < 4.78 is 0. The summed E-state index contributed by atoms with van der Waals surface area (Å²) in [6, 6.07) is 10.8. The number of likely N-dealkylation sites (tertiary alicyclic amines) is 1. The third-order valence-electron chi connectivity index (χ3n) is 3.92. The highest BCUT2D eigenvalue weighted by atomic mass is 32.2. The average molecular weight is 290 g/mol. The first-order valence-corrected chi connectivity index (χ1v) is 9.26. The molecular formula is C18H28NS. The third kappa shape index (κ3) is 6.81. The van der Waals surface area contributed by atoms with Crippen LogP contribution in [0, 0.1) is 6.42 Å². The first kappa shape index (κ1) is 15.9. The van der Waals surface area contributed by atoms with Crippen LogP contribution in [0.4, 0.5) is 0 Å². The lowest BCUT2D eigenvalue weighted by Crippen LogP contribution is -2.30. The van der Waals surface area contributed by atoms with E-state index in [-0.39, 0.29) is 0 Å². The maximum Gasteiger partial charge on any atom is 0.0184 e. The molecular weight excluding hydrogens is 262 g/mol. The minimum absolute atomic E-state index is 1.17. The van der Waals surface area contributed by atoms with Gasteiger partial charge in [0.15, 0.2) is 0 Å². The number of rotatable bonds is 9. The van der Waals surface area contributed by atoms with E-state index in [1.54, 1.807) is 0 Å². The largest absolute Gasteiger partial charge is 0.303 e. The molecule has 1 aromatic rings. The molecule has 0 spiro atoms. The second-order valence-corrected chi connectivity index (χ2v) is 6.77. The molecule has 1 fully saturated rings. The molecule has 0 bridgehead atoms. The molecule has 0 amide bonds. The molecule has 2 heteroatoms. The molecule has 1 aliphatic rings. The highest BCUT2D eigenvalue weighted by molar-refractivity contribution is 7.98. The van der Waals surface area contributed by atoms with Gasteiger partial charge in [-0.15, -0.1) is 0 Å². The zero-order valence-corrected chi connectivity index (χ0v) is 13.4. The van der Waals surface area contributed by atoms with E-state index in [4.69, 9.17) is 0 Å². The van der Waals surface area contributed by atoms with Gasteiger partial charge in [-0.05, 0) is 63.1 Å². The Bertz CT molecular complexity index is 333. The average Bonchev–Trinajstić information content (AvgIpc) is 2.52. The van der Waals surface area contributed by atoms with Crippen molar-refractivity contribution in [1.29, 1.82) is 0 Å². The molecule has 0 atom stereocenters. The second-order valence-electron chi connectivity index (χ2n) is 5.66. The van der Waals surface area contributed by atoms with Crippen molar-refractivity contribution in [3.05, 3.63) is 42.3 Å². The Morgan fingerprint density at radius 1 is 0.900 bits per heavy atom. The Labute approximate surface area is 129 Å². The molecule has 20 heavy (non-hydrogen) atoms. The van der Waals surface area contributed by atoms with E-state index in [1.807, 2.05) is 0 Å². The lowest BCUT2D eigenvalue weighted by atomic mass is 10.1. The van der Waals surface area contributed by atoms with Crippen LogP contribution in [0.15, 0.2) is 30.3 Å². The minimum Gasteiger partial charge on any atom is -0.303 e. The summed E-state index contributed by atoms with van der Waals surface area (Å²) in [6.45, 7) is 3.92. The first-order chi connectivity index (χ1) is 9.95. The van der Waals surface area contributed by atoms with Crippen molar-refractivity contribution >= 4 is 11.8 Å². The van der Waals surface area contributed by atoms with Crippen LogP contribution >= 0.6 is 11.8 Å². The van der Waals surface area contributed by atoms with Gasteiger partial charge in [-0.2, -0.15) is 11.8 Å². The molecule has 0 N–H and O–H groups in total. The number of thioether (sulfide) groups is 1. The van der Waals surface area contributed by atoms with Gasteiger partial charge < -0.3 is 4.90 Å². The quantitative estimate of drug-likeness (QED) is 0.602. The Balaban J connectivity index is 1.38. The molecule has 111 valence electrons. The van der Waals surface area contributed by atoms with E-state index in [2.05, 4.69) is 53.4 Å². The molecule has 1 saturated heterocycles. The molecule has 1 radical (unpaired) electrons. The van der Waals surface area contributed by atoms with Crippen molar-refractivity contribution in [3.63, 3.8) is 0 Å². The van der Waals surface area contributed by atoms with Gasteiger partial charge in [0.2, 0.25) is 0 Å². The highest BCUT2D eigenvalue weighted by Crippen LogP contribution is 2.15. The van der Waals surface area contributed by atoms with Gasteiger partial charge in [-0.3, -0.25) is 0 Å². The first-order valence-electron chi connectivity index (χ1n) is 8.11. The van der Waals surface area contributed by atoms with Crippen molar-refractivity contribution in [3.8, 4) is 0 Å². The van der Waals surface area contributed by atoms with Crippen LogP contribution in [-0.2, 0) is 5.75 Å². The minimum atomic E-state index is 1.17. The van der Waals surface area contributed by atoms with Crippen LogP contribution in [0.5, 0.6) is 0 Å². The monoisotopic (exact) mass is 290 g/mol. The van der Waals surface area contributed by atoms with E-state index in [1.165, 1.54) is 75.2 Å². The number of benzene rings is 1. The number of piperidine rings is 1. The van der Waals surface area contributed by atoms with E-state index >= 15 is 0 Å². The lowest BCUT2D eigenvalue weighted by molar-refractivity contribution is 0.248. The Hall–Kier alpha value is -0.470. The fourth-order valence-electron chi connectivity index (χ4n) is 2.68.